The largest absolute Gasteiger partial charge is 0.479 e. The van der Waals surface area contributed by atoms with Crippen molar-refractivity contribution in [1.82, 2.24) is 19.5 Å². The highest BCUT2D eigenvalue weighted by Gasteiger charge is 2.47. The van der Waals surface area contributed by atoms with Crippen molar-refractivity contribution in [1.29, 1.82) is 0 Å². The normalized spacial score (nSPS) is 28.2. The molecule has 0 saturated carbocycles. The molecular formula is C23H27N5O8S. The van der Waals surface area contributed by atoms with Gasteiger partial charge in [0.15, 0.2) is 27.8 Å². The van der Waals surface area contributed by atoms with Crippen molar-refractivity contribution < 1.29 is 38.4 Å². The first-order valence-electron chi connectivity index (χ1n) is 11.7. The lowest BCUT2D eigenvalue weighted by molar-refractivity contribution is -0.221. The number of hydrogen-bond acceptors (Lipinski definition) is 11. The van der Waals surface area contributed by atoms with Crippen LogP contribution in [0, 0.1) is 0 Å². The third kappa shape index (κ3) is 5.30. The van der Waals surface area contributed by atoms with Gasteiger partial charge in [0, 0.05) is 25.2 Å². The first kappa shape index (κ1) is 25.5. The second kappa shape index (κ2) is 9.96. The molecular weight excluding hydrogens is 506 g/mol. The van der Waals surface area contributed by atoms with Gasteiger partial charge in [-0.1, -0.05) is 30.3 Å². The number of nitrogens with zero attached hydrogens (tertiary/aromatic N) is 4. The second-order valence-corrected chi connectivity index (χ2v) is 11.5. The molecule has 1 aromatic carbocycles. The summed E-state index contributed by atoms with van der Waals surface area (Å²) in [6, 6.07) is 13.2. The number of aliphatic carboxylic acids is 1. The van der Waals surface area contributed by atoms with Crippen molar-refractivity contribution in [3.8, 4) is 11.3 Å². The van der Waals surface area contributed by atoms with E-state index in [0.29, 0.717) is 25.3 Å². The topological polar surface area (TPSA) is 187 Å². The van der Waals surface area contributed by atoms with Gasteiger partial charge in [0.1, 0.15) is 18.3 Å². The number of carbonyl (C=O) groups is 1. The number of aliphatic hydroxyl groups is 3. The lowest BCUT2D eigenvalue weighted by Crippen LogP contribution is -2.61. The molecule has 13 nitrogen and oxygen atoms in total. The molecule has 5 atom stereocenters. The number of fused-ring (bicyclic) bond motifs is 1. The molecule has 5 N–H and O–H groups in total. The summed E-state index contributed by atoms with van der Waals surface area (Å²) >= 11 is 0. The van der Waals surface area contributed by atoms with E-state index in [4.69, 9.17) is 4.74 Å². The summed E-state index contributed by atoms with van der Waals surface area (Å²) in [4.78, 5) is 17.8. The number of pyridine rings is 1. The average Bonchev–Trinajstić information content (AvgIpc) is 3.28. The van der Waals surface area contributed by atoms with Crippen molar-refractivity contribution in [3.05, 3.63) is 48.0 Å². The number of aromatic nitrogens is 3. The van der Waals surface area contributed by atoms with E-state index in [9.17, 15) is 33.6 Å². The monoisotopic (exact) mass is 533 g/mol. The summed E-state index contributed by atoms with van der Waals surface area (Å²) < 4.78 is 30.1. The summed E-state index contributed by atoms with van der Waals surface area (Å²) in [5, 5.41) is 46.5. The Balaban J connectivity index is 1.33. The minimum atomic E-state index is -2.93. The van der Waals surface area contributed by atoms with E-state index in [-0.39, 0.29) is 17.5 Å². The summed E-state index contributed by atoms with van der Waals surface area (Å²) in [5.74, 6) is -1.10. The molecule has 0 spiro atoms. The van der Waals surface area contributed by atoms with Gasteiger partial charge < -0.3 is 30.5 Å². The lowest BCUT2D eigenvalue weighted by atomic mass is 9.98. The highest BCUT2D eigenvalue weighted by molar-refractivity contribution is 7.91. The number of ether oxygens (including phenoxy) is 1. The first-order chi connectivity index (χ1) is 17.6. The summed E-state index contributed by atoms with van der Waals surface area (Å²) in [6.45, 7) is 1.68. The van der Waals surface area contributed by atoms with Crippen LogP contribution in [0.25, 0.3) is 16.9 Å². The number of anilines is 1. The number of rotatable bonds is 6. The number of nitrogens with one attached hydrogen (secondary N) is 1. The molecule has 4 heterocycles. The van der Waals surface area contributed by atoms with Crippen LogP contribution in [0.4, 0.5) is 5.95 Å². The fourth-order valence-electron chi connectivity index (χ4n) is 4.46. The molecule has 2 aliphatic rings. The Kier molecular flexibility index (Phi) is 6.87. The van der Waals surface area contributed by atoms with Crippen LogP contribution in [0.3, 0.4) is 0 Å². The van der Waals surface area contributed by atoms with E-state index >= 15 is 0 Å². The highest BCUT2D eigenvalue weighted by Crippen LogP contribution is 2.25. The maximum atomic E-state index is 11.6. The van der Waals surface area contributed by atoms with Crippen LogP contribution >= 0.6 is 0 Å². The predicted octanol–water partition coefficient (Wildman–Crippen LogP) is -1.07. The molecule has 2 aromatic heterocycles. The number of hydrogen-bond donors (Lipinski definition) is 5. The van der Waals surface area contributed by atoms with E-state index in [1.807, 2.05) is 30.3 Å². The zero-order valence-corrected chi connectivity index (χ0v) is 20.4. The van der Waals surface area contributed by atoms with Crippen LogP contribution in [-0.2, 0) is 25.9 Å². The molecule has 14 heteroatoms. The van der Waals surface area contributed by atoms with Crippen LogP contribution in [0.5, 0.6) is 0 Å². The van der Waals surface area contributed by atoms with Crippen LogP contribution in [0.2, 0.25) is 0 Å². The SMILES string of the molecule is O=C(O)[C@H]1O[C@@H](Nc2nc3cccc(-c4ccc(CN5CCS(=O)(=O)CC5)cc4)n3n2)[C@H](O)[C@@H](O)[C@@H]1O. The minimum Gasteiger partial charge on any atom is -0.479 e. The summed E-state index contributed by atoms with van der Waals surface area (Å²) in [7, 11) is -2.93. The summed E-state index contributed by atoms with van der Waals surface area (Å²) in [5.41, 5.74) is 3.09. The average molecular weight is 534 g/mol. The quantitative estimate of drug-likeness (QED) is 0.259. The van der Waals surface area contributed by atoms with Gasteiger partial charge in [-0.25, -0.2) is 17.7 Å². The van der Waals surface area contributed by atoms with E-state index < -0.39 is 46.5 Å². The van der Waals surface area contributed by atoms with E-state index in [1.165, 1.54) is 0 Å². The van der Waals surface area contributed by atoms with Crippen LogP contribution in [-0.4, -0.2) is 110 Å². The maximum absolute atomic E-state index is 11.6. The molecule has 198 valence electrons. The zero-order chi connectivity index (χ0) is 26.3. The van der Waals surface area contributed by atoms with Gasteiger partial charge in [-0.3, -0.25) is 4.90 Å². The van der Waals surface area contributed by atoms with Crippen molar-refractivity contribution >= 4 is 27.4 Å². The summed E-state index contributed by atoms with van der Waals surface area (Å²) in [6.07, 6.45) is -8.27. The first-order valence-corrected chi connectivity index (χ1v) is 13.5. The Morgan fingerprint density at radius 2 is 1.73 bits per heavy atom. The van der Waals surface area contributed by atoms with Crippen LogP contribution in [0.15, 0.2) is 42.5 Å². The minimum absolute atomic E-state index is 0.0286. The van der Waals surface area contributed by atoms with Crippen molar-refractivity contribution in [2.45, 2.75) is 37.2 Å². The number of sulfone groups is 1. The molecule has 37 heavy (non-hydrogen) atoms. The van der Waals surface area contributed by atoms with Crippen LogP contribution < -0.4 is 5.32 Å². The molecule has 2 aliphatic heterocycles. The van der Waals surface area contributed by atoms with Gasteiger partial charge in [-0.05, 0) is 17.7 Å². The Hall–Kier alpha value is -3.14. The maximum Gasteiger partial charge on any atom is 0.335 e. The highest BCUT2D eigenvalue weighted by atomic mass is 32.2. The standard InChI is InChI=1S/C23H27N5O8S/c29-17-18(30)20(22(32)33)36-21(19(17)31)25-23-24-16-3-1-2-15(28(16)26-23)14-6-4-13(5-7-14)12-27-8-10-37(34,35)11-9-27/h1-7,17-21,29-31H,8-12H2,(H,25,26)(H,32,33)/t17-,18-,19+,20-,21+/m0/s1. The molecule has 0 bridgehead atoms. The number of benzene rings is 1. The molecule has 2 fully saturated rings. The fraction of sp³-hybridized carbons (Fsp3) is 0.435. The van der Waals surface area contributed by atoms with Gasteiger partial charge in [0.05, 0.1) is 17.2 Å². The van der Waals surface area contributed by atoms with E-state index in [0.717, 1.165) is 16.8 Å². The van der Waals surface area contributed by atoms with Gasteiger partial charge in [-0.2, -0.15) is 4.98 Å². The van der Waals surface area contributed by atoms with Gasteiger partial charge in [0.25, 0.3) is 0 Å². The third-order valence-corrected chi connectivity index (χ3v) is 8.19. The Morgan fingerprint density at radius 3 is 2.41 bits per heavy atom. The van der Waals surface area contributed by atoms with Gasteiger partial charge in [-0.15, -0.1) is 5.10 Å². The second-order valence-electron chi connectivity index (χ2n) is 9.17. The molecule has 3 aromatic rings. The zero-order valence-electron chi connectivity index (χ0n) is 19.6. The van der Waals surface area contributed by atoms with E-state index in [2.05, 4.69) is 20.3 Å². The fourth-order valence-corrected chi connectivity index (χ4v) is 5.74. The van der Waals surface area contributed by atoms with Crippen molar-refractivity contribution in [3.63, 3.8) is 0 Å². The molecule has 5 rings (SSSR count). The van der Waals surface area contributed by atoms with Gasteiger partial charge in [0.2, 0.25) is 5.95 Å². The Bertz CT molecular complexity index is 1380. The lowest BCUT2D eigenvalue weighted by Gasteiger charge is -2.38. The molecule has 0 unspecified atom stereocenters. The van der Waals surface area contributed by atoms with Gasteiger partial charge >= 0.3 is 5.97 Å². The number of carboxylic acid groups (broad SMARTS) is 1. The molecule has 2 saturated heterocycles. The Labute approximate surface area is 211 Å². The smallest absolute Gasteiger partial charge is 0.335 e. The van der Waals surface area contributed by atoms with E-state index in [1.54, 1.807) is 16.6 Å². The molecule has 0 amide bonds. The van der Waals surface area contributed by atoms with Crippen molar-refractivity contribution in [2.24, 2.45) is 0 Å². The molecule has 0 aliphatic carbocycles. The predicted molar refractivity (Wildman–Crippen MR) is 130 cm³/mol. The number of aliphatic hydroxyl groups excluding tert-OH is 3. The Morgan fingerprint density at radius 1 is 1.03 bits per heavy atom. The number of carboxylic acids is 1. The van der Waals surface area contributed by atoms with Crippen LogP contribution in [0.1, 0.15) is 5.56 Å². The van der Waals surface area contributed by atoms with Crippen molar-refractivity contribution in [2.75, 3.05) is 29.9 Å². The third-order valence-electron chi connectivity index (χ3n) is 6.58. The molecule has 0 radical (unpaired) electrons.